The van der Waals surface area contributed by atoms with Crippen molar-refractivity contribution in [2.24, 2.45) is 5.73 Å². The number of carbonyl (C=O) groups excluding carboxylic acids is 2. The van der Waals surface area contributed by atoms with Gasteiger partial charge in [0.05, 0.1) is 0 Å². The second kappa shape index (κ2) is 6.24. The highest BCUT2D eigenvalue weighted by Gasteiger charge is 2.24. The summed E-state index contributed by atoms with van der Waals surface area (Å²) in [5.41, 5.74) is 11.1. The number of fused-ring (bicyclic) bond motifs is 3. The first-order valence-corrected chi connectivity index (χ1v) is 8.68. The van der Waals surface area contributed by atoms with E-state index in [2.05, 4.69) is 30.3 Å². The van der Waals surface area contributed by atoms with E-state index in [1.807, 2.05) is 17.0 Å². The Morgan fingerprint density at radius 3 is 2.40 bits per heavy atom. The molecule has 1 heterocycles. The first-order valence-electron chi connectivity index (χ1n) is 8.68. The summed E-state index contributed by atoms with van der Waals surface area (Å²) in [5, 5.41) is 0. The Kier molecular flexibility index (Phi) is 3.92. The fourth-order valence-electron chi connectivity index (χ4n) is 3.80. The summed E-state index contributed by atoms with van der Waals surface area (Å²) in [6.45, 7) is 2.29. The number of benzene rings is 2. The zero-order valence-corrected chi connectivity index (χ0v) is 14.1. The maximum Gasteiger partial charge on any atom is 0.314 e. The van der Waals surface area contributed by atoms with Gasteiger partial charge in [-0.25, -0.2) is 4.79 Å². The monoisotopic (exact) mass is 335 g/mol. The Labute approximate surface area is 147 Å². The van der Waals surface area contributed by atoms with E-state index in [4.69, 9.17) is 5.73 Å². The van der Waals surface area contributed by atoms with E-state index in [-0.39, 0.29) is 5.91 Å². The molecule has 128 valence electrons. The first-order chi connectivity index (χ1) is 12.1. The maximum atomic E-state index is 12.9. The molecule has 1 fully saturated rings. The van der Waals surface area contributed by atoms with Crippen LogP contribution in [0.5, 0.6) is 0 Å². The van der Waals surface area contributed by atoms with Crippen LogP contribution in [0.1, 0.15) is 27.9 Å². The molecule has 0 spiro atoms. The van der Waals surface area contributed by atoms with Gasteiger partial charge in [0.25, 0.3) is 5.91 Å². The maximum absolute atomic E-state index is 12.9. The number of primary amides is 1. The molecule has 25 heavy (non-hydrogen) atoms. The van der Waals surface area contributed by atoms with Crippen molar-refractivity contribution in [2.45, 2.75) is 12.8 Å². The molecule has 2 aromatic carbocycles. The standard InChI is InChI=1S/C20H21N3O2/c21-20(25)23-9-3-8-22(10-11-23)19(24)15-6-7-18-16(13-15)12-14-4-1-2-5-17(14)18/h1-2,4-7,13H,3,8-12H2,(H2,21,25). The van der Waals surface area contributed by atoms with E-state index in [0.29, 0.717) is 26.2 Å². The van der Waals surface area contributed by atoms with Crippen LogP contribution < -0.4 is 5.73 Å². The van der Waals surface area contributed by atoms with E-state index in [9.17, 15) is 9.59 Å². The fraction of sp³-hybridized carbons (Fsp3) is 0.300. The van der Waals surface area contributed by atoms with Crippen molar-refractivity contribution < 1.29 is 9.59 Å². The van der Waals surface area contributed by atoms with Crippen molar-refractivity contribution in [3.8, 4) is 11.1 Å². The molecule has 5 nitrogen and oxygen atoms in total. The van der Waals surface area contributed by atoms with Crippen LogP contribution in [0, 0.1) is 0 Å². The van der Waals surface area contributed by atoms with E-state index in [1.54, 1.807) is 4.90 Å². The summed E-state index contributed by atoms with van der Waals surface area (Å²) in [4.78, 5) is 27.7. The lowest BCUT2D eigenvalue weighted by Gasteiger charge is -2.21. The lowest BCUT2D eigenvalue weighted by Crippen LogP contribution is -2.39. The summed E-state index contributed by atoms with van der Waals surface area (Å²) in [6, 6.07) is 14.0. The number of nitrogens with zero attached hydrogens (tertiary/aromatic N) is 2. The van der Waals surface area contributed by atoms with Gasteiger partial charge in [-0.2, -0.15) is 0 Å². The fourth-order valence-corrected chi connectivity index (χ4v) is 3.80. The highest BCUT2D eigenvalue weighted by atomic mass is 16.2. The molecule has 4 rings (SSSR count). The third-order valence-corrected chi connectivity index (χ3v) is 5.14. The zero-order valence-electron chi connectivity index (χ0n) is 14.1. The van der Waals surface area contributed by atoms with Gasteiger partial charge in [0, 0.05) is 31.7 Å². The molecule has 0 aromatic heterocycles. The summed E-state index contributed by atoms with van der Waals surface area (Å²) in [6.07, 6.45) is 1.63. The molecule has 2 aliphatic rings. The molecule has 2 N–H and O–H groups in total. The van der Waals surface area contributed by atoms with Crippen LogP contribution in [0.25, 0.3) is 11.1 Å². The summed E-state index contributed by atoms with van der Waals surface area (Å²) in [5.74, 6) is 0.0325. The van der Waals surface area contributed by atoms with Gasteiger partial charge in [0.15, 0.2) is 0 Å². The summed E-state index contributed by atoms with van der Waals surface area (Å²) in [7, 11) is 0. The van der Waals surface area contributed by atoms with E-state index >= 15 is 0 Å². The zero-order chi connectivity index (χ0) is 17.4. The average Bonchev–Trinajstić information content (AvgIpc) is 2.80. The van der Waals surface area contributed by atoms with Crippen LogP contribution in [-0.4, -0.2) is 47.9 Å². The van der Waals surface area contributed by atoms with Gasteiger partial charge in [0.1, 0.15) is 0 Å². The molecule has 2 aromatic rings. The molecule has 3 amide bonds. The average molecular weight is 335 g/mol. The normalized spacial score (nSPS) is 16.2. The van der Waals surface area contributed by atoms with Gasteiger partial charge in [-0.15, -0.1) is 0 Å². The van der Waals surface area contributed by atoms with Gasteiger partial charge >= 0.3 is 6.03 Å². The number of hydrogen-bond donors (Lipinski definition) is 1. The van der Waals surface area contributed by atoms with Gasteiger partial charge in [-0.1, -0.05) is 30.3 Å². The van der Waals surface area contributed by atoms with Gasteiger partial charge < -0.3 is 15.5 Å². The molecule has 1 saturated heterocycles. The number of nitrogens with two attached hydrogens (primary N) is 1. The molecule has 1 aliphatic heterocycles. The number of carbonyl (C=O) groups is 2. The molecular formula is C20H21N3O2. The molecule has 5 heteroatoms. The van der Waals surface area contributed by atoms with E-state index in [0.717, 1.165) is 18.4 Å². The van der Waals surface area contributed by atoms with Crippen LogP contribution in [0.4, 0.5) is 4.79 Å². The van der Waals surface area contributed by atoms with E-state index < -0.39 is 6.03 Å². The lowest BCUT2D eigenvalue weighted by molar-refractivity contribution is 0.0762. The molecule has 0 bridgehead atoms. The molecule has 1 aliphatic carbocycles. The van der Waals surface area contributed by atoms with Crippen LogP contribution in [-0.2, 0) is 6.42 Å². The third-order valence-electron chi connectivity index (χ3n) is 5.14. The minimum atomic E-state index is -0.412. The van der Waals surface area contributed by atoms with Crippen molar-refractivity contribution in [2.75, 3.05) is 26.2 Å². The Morgan fingerprint density at radius 1 is 0.840 bits per heavy atom. The minimum absolute atomic E-state index is 0.0325. The van der Waals surface area contributed by atoms with Gasteiger partial charge in [0.2, 0.25) is 0 Å². The van der Waals surface area contributed by atoms with Crippen molar-refractivity contribution in [3.05, 3.63) is 59.2 Å². The predicted molar refractivity (Wildman–Crippen MR) is 96.4 cm³/mol. The third kappa shape index (κ3) is 2.86. The van der Waals surface area contributed by atoms with Crippen LogP contribution in [0.2, 0.25) is 0 Å². The Balaban J connectivity index is 1.54. The molecule has 0 radical (unpaired) electrons. The highest BCUT2D eigenvalue weighted by molar-refractivity contribution is 5.95. The lowest BCUT2D eigenvalue weighted by atomic mass is 10.0. The summed E-state index contributed by atoms with van der Waals surface area (Å²) >= 11 is 0. The second-order valence-corrected chi connectivity index (χ2v) is 6.68. The molecule has 0 atom stereocenters. The quantitative estimate of drug-likeness (QED) is 0.742. The van der Waals surface area contributed by atoms with Crippen molar-refractivity contribution in [1.82, 2.24) is 9.80 Å². The number of rotatable bonds is 1. The number of amides is 3. The van der Waals surface area contributed by atoms with Crippen LogP contribution >= 0.6 is 0 Å². The topological polar surface area (TPSA) is 66.6 Å². The van der Waals surface area contributed by atoms with Crippen molar-refractivity contribution >= 4 is 11.9 Å². The summed E-state index contributed by atoms with van der Waals surface area (Å²) < 4.78 is 0. The van der Waals surface area contributed by atoms with Gasteiger partial charge in [-0.3, -0.25) is 4.79 Å². The minimum Gasteiger partial charge on any atom is -0.351 e. The SMILES string of the molecule is NC(=O)N1CCCN(C(=O)c2ccc3c(c2)Cc2ccccc2-3)CC1. The number of hydrogen-bond acceptors (Lipinski definition) is 2. The predicted octanol–water partition coefficient (Wildman–Crippen LogP) is 2.48. The van der Waals surface area contributed by atoms with Crippen molar-refractivity contribution in [3.63, 3.8) is 0 Å². The molecule has 0 unspecified atom stereocenters. The second-order valence-electron chi connectivity index (χ2n) is 6.68. The molecule has 0 saturated carbocycles. The molecular weight excluding hydrogens is 314 g/mol. The van der Waals surface area contributed by atoms with Crippen LogP contribution in [0.3, 0.4) is 0 Å². The Hall–Kier alpha value is -2.82. The van der Waals surface area contributed by atoms with Crippen LogP contribution in [0.15, 0.2) is 42.5 Å². The Morgan fingerprint density at radius 2 is 1.56 bits per heavy atom. The highest BCUT2D eigenvalue weighted by Crippen LogP contribution is 2.36. The number of urea groups is 1. The largest absolute Gasteiger partial charge is 0.351 e. The van der Waals surface area contributed by atoms with E-state index in [1.165, 1.54) is 22.3 Å². The first kappa shape index (κ1) is 15.7. The Bertz CT molecular complexity index is 847. The smallest absolute Gasteiger partial charge is 0.314 e. The van der Waals surface area contributed by atoms with Gasteiger partial charge in [-0.05, 0) is 47.2 Å². The van der Waals surface area contributed by atoms with Crippen molar-refractivity contribution in [1.29, 1.82) is 0 Å².